The van der Waals surface area contributed by atoms with Crippen LogP contribution in [0.15, 0.2) is 64.9 Å². The normalized spacial score (nSPS) is 11.4. The Morgan fingerprint density at radius 2 is 1.90 bits per heavy atom. The maximum Gasteiger partial charge on any atom is 0.240 e. The first-order valence-corrected chi connectivity index (χ1v) is 11.3. The zero-order valence-electron chi connectivity index (χ0n) is 16.3. The fraction of sp³-hybridized carbons (Fsp3) is 0.200. The van der Waals surface area contributed by atoms with Crippen molar-refractivity contribution in [2.75, 3.05) is 18.1 Å². The van der Waals surface area contributed by atoms with Crippen LogP contribution in [0.3, 0.4) is 0 Å². The van der Waals surface area contributed by atoms with Gasteiger partial charge in [0.25, 0.3) is 0 Å². The fourth-order valence-electron chi connectivity index (χ4n) is 2.82. The number of rotatable bonds is 7. The number of imidazole rings is 1. The number of para-hydroxylation sites is 1. The lowest BCUT2D eigenvalue weighted by molar-refractivity contribution is -0.113. The third-order valence-electron chi connectivity index (χ3n) is 4.34. The smallest absolute Gasteiger partial charge is 0.240 e. The molecule has 0 saturated heterocycles. The lowest BCUT2D eigenvalue weighted by Crippen LogP contribution is -2.20. The Labute approximate surface area is 174 Å². The summed E-state index contributed by atoms with van der Waals surface area (Å²) in [5, 5.41) is 3.46. The first kappa shape index (κ1) is 21.1. The Hall–Kier alpha value is -2.62. The average Bonchev–Trinajstić information content (AvgIpc) is 3.16. The minimum absolute atomic E-state index is 0.139. The number of aromatic nitrogens is 2. The van der Waals surface area contributed by atoms with Crippen molar-refractivity contribution < 1.29 is 13.2 Å². The number of hydrogen-bond donors (Lipinski definition) is 2. The van der Waals surface area contributed by atoms with Crippen molar-refractivity contribution >= 4 is 33.4 Å². The van der Waals surface area contributed by atoms with Crippen molar-refractivity contribution in [3.05, 3.63) is 66.0 Å². The molecule has 0 fully saturated rings. The molecule has 0 bridgehead atoms. The number of hydrogen-bond acceptors (Lipinski definition) is 5. The number of amides is 1. The second-order valence-corrected chi connectivity index (χ2v) is 9.19. The molecule has 9 heteroatoms. The van der Waals surface area contributed by atoms with Crippen LogP contribution in [0.1, 0.15) is 11.1 Å². The van der Waals surface area contributed by atoms with E-state index in [-0.39, 0.29) is 16.6 Å². The molecule has 0 spiro atoms. The zero-order chi connectivity index (χ0) is 21.0. The molecule has 1 amide bonds. The van der Waals surface area contributed by atoms with Gasteiger partial charge in [0.2, 0.25) is 15.9 Å². The van der Waals surface area contributed by atoms with Crippen LogP contribution in [-0.4, -0.2) is 36.7 Å². The Morgan fingerprint density at radius 1 is 1.14 bits per heavy atom. The predicted molar refractivity (Wildman–Crippen MR) is 115 cm³/mol. The summed E-state index contributed by atoms with van der Waals surface area (Å²) in [5.41, 5.74) is 3.15. The molecular weight excluding hydrogens is 408 g/mol. The van der Waals surface area contributed by atoms with Gasteiger partial charge >= 0.3 is 0 Å². The molecule has 1 heterocycles. The van der Waals surface area contributed by atoms with Crippen molar-refractivity contribution in [3.8, 4) is 5.69 Å². The molecule has 0 saturated carbocycles. The van der Waals surface area contributed by atoms with E-state index in [4.69, 9.17) is 0 Å². The topological polar surface area (TPSA) is 93.1 Å². The number of sulfonamides is 1. The molecule has 3 rings (SSSR count). The van der Waals surface area contributed by atoms with Crippen LogP contribution in [0.4, 0.5) is 5.69 Å². The number of nitrogens with zero attached hydrogens (tertiary/aromatic N) is 2. The minimum atomic E-state index is -3.60. The van der Waals surface area contributed by atoms with Crippen LogP contribution in [0.5, 0.6) is 0 Å². The van der Waals surface area contributed by atoms with Gasteiger partial charge in [-0.05, 0) is 50.2 Å². The maximum atomic E-state index is 12.4. The molecule has 0 unspecified atom stereocenters. The molecule has 29 heavy (non-hydrogen) atoms. The van der Waals surface area contributed by atoms with E-state index < -0.39 is 10.0 Å². The molecule has 0 radical (unpaired) electrons. The number of anilines is 1. The molecule has 152 valence electrons. The minimum Gasteiger partial charge on any atom is -0.325 e. The molecule has 0 aliphatic rings. The number of carbonyl (C=O) groups is 1. The van der Waals surface area contributed by atoms with Gasteiger partial charge < -0.3 is 5.32 Å². The quantitative estimate of drug-likeness (QED) is 0.562. The Kier molecular flexibility index (Phi) is 6.41. The van der Waals surface area contributed by atoms with Crippen molar-refractivity contribution in [3.63, 3.8) is 0 Å². The summed E-state index contributed by atoms with van der Waals surface area (Å²) in [6.07, 6.45) is 3.55. The van der Waals surface area contributed by atoms with Crippen LogP contribution in [0, 0.1) is 13.8 Å². The highest BCUT2D eigenvalue weighted by atomic mass is 32.2. The van der Waals surface area contributed by atoms with E-state index in [1.54, 1.807) is 25.3 Å². The molecule has 0 aliphatic carbocycles. The van der Waals surface area contributed by atoms with Crippen molar-refractivity contribution in [2.45, 2.75) is 23.9 Å². The summed E-state index contributed by atoms with van der Waals surface area (Å²) in [6, 6.07) is 12.7. The van der Waals surface area contributed by atoms with Crippen LogP contribution in [0.25, 0.3) is 5.69 Å². The van der Waals surface area contributed by atoms with Gasteiger partial charge in [-0.3, -0.25) is 9.36 Å². The second kappa shape index (κ2) is 8.81. The second-order valence-electron chi connectivity index (χ2n) is 6.39. The molecule has 1 aromatic heterocycles. The summed E-state index contributed by atoms with van der Waals surface area (Å²) < 4.78 is 28.4. The Balaban J connectivity index is 1.70. The largest absolute Gasteiger partial charge is 0.325 e. The molecule has 2 N–H and O–H groups in total. The maximum absolute atomic E-state index is 12.4. The standard InChI is InChI=1S/C20H22N4O3S2/c1-14-6-4-5-7-17(14)24-11-10-22-20(24)28-13-19(25)23-16-9-8-15(2)18(12-16)29(26,27)21-3/h4-12,21H,13H2,1-3H3,(H,23,25). The number of carbonyl (C=O) groups excluding carboxylic acids is 1. The fourth-order valence-corrected chi connectivity index (χ4v) is 4.58. The van der Waals surface area contributed by atoms with E-state index in [0.29, 0.717) is 16.4 Å². The van der Waals surface area contributed by atoms with E-state index in [0.717, 1.165) is 11.3 Å². The van der Waals surface area contributed by atoms with Gasteiger partial charge in [0.1, 0.15) is 0 Å². The van der Waals surface area contributed by atoms with Gasteiger partial charge in [-0.1, -0.05) is 36.0 Å². The molecule has 3 aromatic rings. The molecule has 0 aliphatic heterocycles. The van der Waals surface area contributed by atoms with E-state index in [1.807, 2.05) is 42.0 Å². The lowest BCUT2D eigenvalue weighted by atomic mass is 10.2. The summed E-state index contributed by atoms with van der Waals surface area (Å²) in [5.74, 6) is -0.101. The SMILES string of the molecule is CNS(=O)(=O)c1cc(NC(=O)CSc2nccn2-c2ccccc2C)ccc1C. The van der Waals surface area contributed by atoms with Gasteiger partial charge in [-0.15, -0.1) is 0 Å². The number of nitrogens with one attached hydrogen (secondary N) is 2. The highest BCUT2D eigenvalue weighted by molar-refractivity contribution is 7.99. The summed E-state index contributed by atoms with van der Waals surface area (Å²) in [7, 11) is -2.24. The van der Waals surface area contributed by atoms with Gasteiger partial charge in [0.15, 0.2) is 5.16 Å². The van der Waals surface area contributed by atoms with Crippen molar-refractivity contribution in [1.29, 1.82) is 0 Å². The number of thioether (sulfide) groups is 1. The zero-order valence-corrected chi connectivity index (χ0v) is 18.0. The number of benzene rings is 2. The van der Waals surface area contributed by atoms with Gasteiger partial charge in [-0.25, -0.2) is 18.1 Å². The van der Waals surface area contributed by atoms with E-state index >= 15 is 0 Å². The van der Waals surface area contributed by atoms with Gasteiger partial charge in [0, 0.05) is 18.1 Å². The molecule has 7 nitrogen and oxygen atoms in total. The van der Waals surface area contributed by atoms with Crippen LogP contribution in [0.2, 0.25) is 0 Å². The monoisotopic (exact) mass is 430 g/mol. The van der Waals surface area contributed by atoms with Crippen LogP contribution < -0.4 is 10.0 Å². The van der Waals surface area contributed by atoms with E-state index in [1.165, 1.54) is 24.9 Å². The Bertz CT molecular complexity index is 1140. The first-order chi connectivity index (χ1) is 13.8. The lowest BCUT2D eigenvalue weighted by Gasteiger charge is -2.11. The van der Waals surface area contributed by atoms with Crippen molar-refractivity contribution in [2.24, 2.45) is 0 Å². The van der Waals surface area contributed by atoms with Crippen LogP contribution in [-0.2, 0) is 14.8 Å². The third kappa shape index (κ3) is 4.87. The summed E-state index contributed by atoms with van der Waals surface area (Å²) in [4.78, 5) is 16.9. The average molecular weight is 431 g/mol. The third-order valence-corrected chi connectivity index (χ3v) is 6.87. The molecular formula is C20H22N4O3S2. The highest BCUT2D eigenvalue weighted by Gasteiger charge is 2.16. The highest BCUT2D eigenvalue weighted by Crippen LogP contribution is 2.24. The molecule has 0 atom stereocenters. The van der Waals surface area contributed by atoms with Gasteiger partial charge in [0.05, 0.1) is 16.3 Å². The van der Waals surface area contributed by atoms with E-state index in [2.05, 4.69) is 15.0 Å². The summed E-state index contributed by atoms with van der Waals surface area (Å²) >= 11 is 1.31. The number of aryl methyl sites for hydroxylation is 2. The molecule has 2 aromatic carbocycles. The van der Waals surface area contributed by atoms with Gasteiger partial charge in [-0.2, -0.15) is 0 Å². The predicted octanol–water partition coefficient (Wildman–Crippen LogP) is 3.13. The van der Waals surface area contributed by atoms with Crippen LogP contribution >= 0.6 is 11.8 Å². The van der Waals surface area contributed by atoms with Crippen molar-refractivity contribution in [1.82, 2.24) is 14.3 Å². The Morgan fingerprint density at radius 3 is 2.62 bits per heavy atom. The summed E-state index contributed by atoms with van der Waals surface area (Å²) in [6.45, 7) is 3.72. The van der Waals surface area contributed by atoms with E-state index in [9.17, 15) is 13.2 Å². The first-order valence-electron chi connectivity index (χ1n) is 8.88.